The smallest absolute Gasteiger partial charge is 0.330 e. The number of carbonyl (C=O) groups is 2. The van der Waals surface area contributed by atoms with Crippen LogP contribution >= 0.6 is 0 Å². The van der Waals surface area contributed by atoms with Gasteiger partial charge in [0.1, 0.15) is 0 Å². The maximum atomic E-state index is 9.60. The minimum Gasteiger partial charge on any atom is -0.481 e. The molecule has 11 heavy (non-hydrogen) atoms. The van der Waals surface area contributed by atoms with Gasteiger partial charge in [-0.15, -0.1) is 0 Å². The zero-order valence-corrected chi connectivity index (χ0v) is 6.63. The predicted molar refractivity (Wildman–Crippen MR) is 40.4 cm³/mol. The summed E-state index contributed by atoms with van der Waals surface area (Å²) >= 11 is 0. The maximum Gasteiger partial charge on any atom is 0.330 e. The summed E-state index contributed by atoms with van der Waals surface area (Å²) in [4.78, 5) is 19.0. The second-order valence-electron chi connectivity index (χ2n) is 1.83. The van der Waals surface area contributed by atoms with Crippen LogP contribution in [0.1, 0.15) is 20.3 Å². The lowest BCUT2D eigenvalue weighted by Crippen LogP contribution is -1.92. The van der Waals surface area contributed by atoms with E-state index in [1.54, 1.807) is 6.92 Å². The Kier molecular flexibility index (Phi) is 7.64. The number of carboxylic acid groups (broad SMARTS) is 2. The van der Waals surface area contributed by atoms with Gasteiger partial charge in [-0.05, 0) is 6.92 Å². The van der Waals surface area contributed by atoms with Gasteiger partial charge in [0.15, 0.2) is 0 Å². The standard InChI is InChI=1S/C4H6O2.C3H6O2/c1-3(2)4(5)6;1-2-3(4)5/h1H2,2H3,(H,5,6);2H2,1H3,(H,4,5). The summed E-state index contributed by atoms with van der Waals surface area (Å²) < 4.78 is 0. The van der Waals surface area contributed by atoms with Crippen molar-refractivity contribution in [1.82, 2.24) is 0 Å². The molecule has 0 aliphatic carbocycles. The van der Waals surface area contributed by atoms with Crippen LogP contribution in [0.25, 0.3) is 0 Å². The second kappa shape index (κ2) is 6.80. The van der Waals surface area contributed by atoms with E-state index in [0.29, 0.717) is 0 Å². The Morgan fingerprint density at radius 1 is 1.36 bits per heavy atom. The van der Waals surface area contributed by atoms with Crippen LogP contribution in [0.2, 0.25) is 0 Å². The van der Waals surface area contributed by atoms with Crippen LogP contribution in [-0.2, 0) is 9.59 Å². The first-order valence-electron chi connectivity index (χ1n) is 3.02. The van der Waals surface area contributed by atoms with E-state index in [4.69, 9.17) is 10.2 Å². The third-order valence-corrected chi connectivity index (χ3v) is 0.668. The first kappa shape index (κ1) is 12.4. The van der Waals surface area contributed by atoms with Crippen molar-refractivity contribution in [3.63, 3.8) is 0 Å². The molecule has 0 heterocycles. The Bertz CT molecular complexity index is 148. The van der Waals surface area contributed by atoms with Crippen molar-refractivity contribution in [3.05, 3.63) is 12.2 Å². The molecular formula is C7H12O4. The molecule has 2 N–H and O–H groups in total. The highest BCUT2D eigenvalue weighted by atomic mass is 16.4. The molecule has 0 aromatic carbocycles. The highest BCUT2D eigenvalue weighted by Gasteiger charge is 1.90. The zero-order valence-electron chi connectivity index (χ0n) is 6.63. The normalized spacial score (nSPS) is 7.45. The topological polar surface area (TPSA) is 74.6 Å². The minimum atomic E-state index is -0.935. The molecular weight excluding hydrogens is 148 g/mol. The van der Waals surface area contributed by atoms with Crippen LogP contribution in [0.15, 0.2) is 12.2 Å². The average Bonchev–Trinajstić information content (AvgIpc) is 1.89. The number of carboxylic acids is 2. The lowest BCUT2D eigenvalue weighted by Gasteiger charge is -1.79. The van der Waals surface area contributed by atoms with Gasteiger partial charge in [-0.2, -0.15) is 0 Å². The van der Waals surface area contributed by atoms with Crippen molar-refractivity contribution in [3.8, 4) is 0 Å². The van der Waals surface area contributed by atoms with Gasteiger partial charge in [0.05, 0.1) is 0 Å². The van der Waals surface area contributed by atoms with E-state index < -0.39 is 11.9 Å². The van der Waals surface area contributed by atoms with Crippen molar-refractivity contribution in [2.45, 2.75) is 20.3 Å². The van der Waals surface area contributed by atoms with E-state index in [1.807, 2.05) is 0 Å². The maximum absolute atomic E-state index is 9.60. The predicted octanol–water partition coefficient (Wildman–Crippen LogP) is 1.13. The molecule has 0 aromatic heterocycles. The Morgan fingerprint density at radius 3 is 1.55 bits per heavy atom. The molecule has 64 valence electrons. The van der Waals surface area contributed by atoms with Gasteiger partial charge in [0, 0.05) is 12.0 Å². The van der Waals surface area contributed by atoms with Gasteiger partial charge in [-0.1, -0.05) is 13.5 Å². The largest absolute Gasteiger partial charge is 0.481 e. The minimum absolute atomic E-state index is 0.176. The zero-order chi connectivity index (χ0) is 9.44. The highest BCUT2D eigenvalue weighted by molar-refractivity contribution is 5.84. The summed E-state index contributed by atoms with van der Waals surface area (Å²) in [6.07, 6.45) is 0.222. The average molecular weight is 160 g/mol. The molecule has 0 amide bonds. The SMILES string of the molecule is C=C(C)C(=O)O.CCC(=O)O. The summed E-state index contributed by atoms with van der Waals surface area (Å²) in [6, 6.07) is 0. The van der Waals surface area contributed by atoms with E-state index in [-0.39, 0.29) is 12.0 Å². The molecule has 0 aliphatic heterocycles. The molecule has 4 nitrogen and oxygen atoms in total. The van der Waals surface area contributed by atoms with Gasteiger partial charge in [0.2, 0.25) is 0 Å². The Labute approximate surface area is 65.2 Å². The van der Waals surface area contributed by atoms with Gasteiger partial charge in [0.25, 0.3) is 0 Å². The van der Waals surface area contributed by atoms with Crippen LogP contribution in [0.3, 0.4) is 0 Å². The summed E-state index contributed by atoms with van der Waals surface area (Å²) in [5.74, 6) is -1.68. The summed E-state index contributed by atoms with van der Waals surface area (Å²) in [5.41, 5.74) is 0.176. The molecule has 4 heteroatoms. The summed E-state index contributed by atoms with van der Waals surface area (Å²) in [7, 11) is 0. The Hall–Kier alpha value is -1.32. The number of rotatable bonds is 2. The van der Waals surface area contributed by atoms with Crippen LogP contribution in [0, 0.1) is 0 Å². The number of hydrogen-bond donors (Lipinski definition) is 2. The number of hydrogen-bond acceptors (Lipinski definition) is 2. The lowest BCUT2D eigenvalue weighted by atomic mass is 10.4. The van der Waals surface area contributed by atoms with Gasteiger partial charge < -0.3 is 10.2 Å². The van der Waals surface area contributed by atoms with Crippen LogP contribution in [0.4, 0.5) is 0 Å². The lowest BCUT2D eigenvalue weighted by molar-refractivity contribution is -0.136. The monoisotopic (exact) mass is 160 g/mol. The molecule has 0 radical (unpaired) electrons. The molecule has 0 saturated heterocycles. The van der Waals surface area contributed by atoms with Crippen LogP contribution in [-0.4, -0.2) is 22.2 Å². The first-order valence-corrected chi connectivity index (χ1v) is 3.02. The summed E-state index contributed by atoms with van der Waals surface area (Å²) in [6.45, 7) is 6.20. The Morgan fingerprint density at radius 2 is 1.55 bits per heavy atom. The van der Waals surface area contributed by atoms with Gasteiger partial charge in [-0.3, -0.25) is 4.79 Å². The van der Waals surface area contributed by atoms with Crippen molar-refractivity contribution >= 4 is 11.9 Å². The molecule has 0 aromatic rings. The van der Waals surface area contributed by atoms with Crippen molar-refractivity contribution < 1.29 is 19.8 Å². The highest BCUT2D eigenvalue weighted by Crippen LogP contribution is 1.81. The summed E-state index contributed by atoms with van der Waals surface area (Å²) in [5, 5.41) is 15.6. The molecule has 0 rings (SSSR count). The fraction of sp³-hybridized carbons (Fsp3) is 0.429. The van der Waals surface area contributed by atoms with E-state index in [9.17, 15) is 9.59 Å². The van der Waals surface area contributed by atoms with E-state index in [0.717, 1.165) is 0 Å². The van der Waals surface area contributed by atoms with Crippen LogP contribution < -0.4 is 0 Å². The first-order chi connectivity index (χ1) is 4.91. The van der Waals surface area contributed by atoms with E-state index in [2.05, 4.69) is 6.58 Å². The quantitative estimate of drug-likeness (QED) is 0.594. The molecule has 0 aliphatic rings. The van der Waals surface area contributed by atoms with E-state index >= 15 is 0 Å². The fourth-order valence-electron chi connectivity index (χ4n) is 0. The fourth-order valence-corrected chi connectivity index (χ4v) is 0. The third-order valence-electron chi connectivity index (χ3n) is 0.668. The number of aliphatic carboxylic acids is 2. The van der Waals surface area contributed by atoms with Gasteiger partial charge >= 0.3 is 11.9 Å². The molecule has 0 bridgehead atoms. The molecule has 0 fully saturated rings. The Balaban J connectivity index is 0. The van der Waals surface area contributed by atoms with Gasteiger partial charge in [-0.25, -0.2) is 4.79 Å². The second-order valence-corrected chi connectivity index (χ2v) is 1.83. The van der Waals surface area contributed by atoms with Crippen molar-refractivity contribution in [2.24, 2.45) is 0 Å². The van der Waals surface area contributed by atoms with E-state index in [1.165, 1.54) is 6.92 Å². The van der Waals surface area contributed by atoms with Crippen LogP contribution in [0.5, 0.6) is 0 Å². The molecule has 0 unspecified atom stereocenters. The third kappa shape index (κ3) is 17.7. The molecule has 0 atom stereocenters. The van der Waals surface area contributed by atoms with Crippen molar-refractivity contribution in [2.75, 3.05) is 0 Å². The molecule has 0 saturated carbocycles. The van der Waals surface area contributed by atoms with Crippen molar-refractivity contribution in [1.29, 1.82) is 0 Å². The molecule has 0 spiro atoms.